The van der Waals surface area contributed by atoms with Gasteiger partial charge in [-0.2, -0.15) is 15.3 Å². The molecule has 0 saturated carbocycles. The number of allylic oxidation sites excluding steroid dienone is 1. The predicted molar refractivity (Wildman–Crippen MR) is 248 cm³/mol. The van der Waals surface area contributed by atoms with Gasteiger partial charge >= 0.3 is 21.1 Å². The number of H-pyrrole nitrogens is 1. The van der Waals surface area contributed by atoms with E-state index in [0.29, 0.717) is 0 Å². The SMILES string of the molecule is Brc1cn[nH]c1.Brc1cnn(C2CCCCO2)c1.C1=COCCC1.CC1(C)OB(B2OC(C)(C)C(C)(C)O2)OC1(C)C.CC1(C)OB(c2cnn(C3CCCCO3)c2)OC1(C)C. The zero-order valence-corrected chi connectivity index (χ0v) is 42.1. The highest BCUT2D eigenvalue weighted by Crippen LogP contribution is 2.43. The molecule has 2 atom stereocenters. The summed E-state index contributed by atoms with van der Waals surface area (Å²) in [5.41, 5.74) is -1.12. The van der Waals surface area contributed by atoms with Crippen molar-refractivity contribution in [2.45, 2.75) is 181 Å². The minimum atomic E-state index is -0.476. The summed E-state index contributed by atoms with van der Waals surface area (Å²) in [7, 11) is -1.30. The Hall–Kier alpha value is -2.00. The van der Waals surface area contributed by atoms with Crippen LogP contribution in [0.1, 0.15) is 147 Å². The van der Waals surface area contributed by atoms with Gasteiger partial charge in [-0.1, -0.05) is 0 Å². The average molecular weight is 994 g/mol. The molecule has 62 heavy (non-hydrogen) atoms. The van der Waals surface area contributed by atoms with Crippen LogP contribution in [-0.2, 0) is 42.1 Å². The van der Waals surface area contributed by atoms with Crippen LogP contribution >= 0.6 is 31.9 Å². The maximum atomic E-state index is 6.03. The highest BCUT2D eigenvalue weighted by Gasteiger charge is 2.63. The molecule has 15 nitrogen and oxygen atoms in total. The molecular formula is C42H69B3Br2N6O9. The van der Waals surface area contributed by atoms with Crippen LogP contribution in [-0.4, -0.2) is 104 Å². The molecule has 344 valence electrons. The molecule has 0 spiro atoms. The summed E-state index contributed by atoms with van der Waals surface area (Å²) in [4.78, 5) is 0. The second-order valence-electron chi connectivity index (χ2n) is 19.2. The maximum absolute atomic E-state index is 6.03. The summed E-state index contributed by atoms with van der Waals surface area (Å²) >= 11 is 6.55. The van der Waals surface area contributed by atoms with Gasteiger partial charge in [0.25, 0.3) is 0 Å². The van der Waals surface area contributed by atoms with Crippen LogP contribution in [0, 0.1) is 0 Å². The van der Waals surface area contributed by atoms with Crippen molar-refractivity contribution in [2.75, 3.05) is 19.8 Å². The van der Waals surface area contributed by atoms with E-state index in [-0.39, 0.29) is 53.2 Å². The van der Waals surface area contributed by atoms with Gasteiger partial charge in [-0.15, -0.1) is 0 Å². The van der Waals surface area contributed by atoms with E-state index in [1.807, 2.05) is 89.4 Å². The van der Waals surface area contributed by atoms with Gasteiger partial charge in [0.05, 0.1) is 67.8 Å². The third kappa shape index (κ3) is 13.5. The van der Waals surface area contributed by atoms with Crippen LogP contribution in [0.25, 0.3) is 0 Å². The maximum Gasteiger partial charge on any atom is 0.498 e. The van der Waals surface area contributed by atoms with E-state index < -0.39 is 14.0 Å². The molecule has 3 aromatic heterocycles. The number of ether oxygens (including phenoxy) is 3. The van der Waals surface area contributed by atoms with Crippen molar-refractivity contribution in [3.05, 3.63) is 58.5 Å². The van der Waals surface area contributed by atoms with Gasteiger partial charge in [0.1, 0.15) is 12.5 Å². The van der Waals surface area contributed by atoms with Gasteiger partial charge in [0.15, 0.2) is 0 Å². The lowest BCUT2D eigenvalue weighted by Gasteiger charge is -2.32. The first-order valence-electron chi connectivity index (χ1n) is 22.0. The Morgan fingerprint density at radius 1 is 0.581 bits per heavy atom. The molecule has 20 heteroatoms. The Bertz CT molecular complexity index is 1740. The largest absolute Gasteiger partial charge is 0.502 e. The molecule has 9 rings (SSSR count). The first-order chi connectivity index (χ1) is 29.0. The monoisotopic (exact) mass is 992 g/mol. The van der Waals surface area contributed by atoms with Crippen molar-refractivity contribution in [1.82, 2.24) is 29.8 Å². The average Bonchev–Trinajstić information content (AvgIpc) is 4.08. The van der Waals surface area contributed by atoms with Gasteiger partial charge < -0.3 is 42.1 Å². The van der Waals surface area contributed by atoms with Crippen LogP contribution < -0.4 is 5.46 Å². The second kappa shape index (κ2) is 21.5. The molecule has 0 aliphatic carbocycles. The standard InChI is InChI=1S/C14H23BN2O3.C12H24B2O4.C8H11BrN2O.C5H8O.C3H3BrN2/c1-13(2)14(3,4)20-15(19-13)11-9-16-17(10-11)12-7-5-6-8-18-12;1-9(2)10(3,4)16-13(15-9)14-17-11(5,6)12(7,8)18-14;9-7-5-10-11(6-7)8-3-1-2-4-12-8;1-2-4-6-5-3-1;4-3-1-5-6-2-3/h9-10,12H,5-8H2,1-4H3;1-8H3;5-6,8H,1-4H2;2,4H,1,3,5H2;1-2H,(H,5,6). The lowest BCUT2D eigenvalue weighted by atomic mass is 9.49. The molecule has 2 unspecified atom stereocenters. The fourth-order valence-corrected chi connectivity index (χ4v) is 7.18. The van der Waals surface area contributed by atoms with Crippen LogP contribution in [0.15, 0.2) is 58.5 Å². The number of nitrogens with one attached hydrogen (secondary N) is 1. The Kier molecular flexibility index (Phi) is 17.7. The minimum absolute atomic E-state index is 0.0555. The molecule has 0 bridgehead atoms. The molecule has 5 saturated heterocycles. The fourth-order valence-electron chi connectivity index (χ4n) is 6.67. The zero-order valence-electron chi connectivity index (χ0n) is 38.9. The number of hydrogen-bond acceptors (Lipinski definition) is 12. The summed E-state index contributed by atoms with van der Waals surface area (Å²) in [6.07, 6.45) is 24.3. The molecule has 6 aliphatic rings. The molecule has 5 fully saturated rings. The topological polar surface area (TPSA) is 147 Å². The second-order valence-corrected chi connectivity index (χ2v) is 21.0. The first kappa shape index (κ1) is 51.0. The Labute approximate surface area is 387 Å². The number of aromatic amines is 1. The van der Waals surface area contributed by atoms with Crippen molar-refractivity contribution in [3.63, 3.8) is 0 Å². The van der Waals surface area contributed by atoms with Crippen LogP contribution in [0.5, 0.6) is 0 Å². The summed E-state index contributed by atoms with van der Waals surface area (Å²) < 4.78 is 57.9. The molecule has 9 heterocycles. The number of nitrogens with zero attached hydrogens (tertiary/aromatic N) is 5. The highest BCUT2D eigenvalue weighted by molar-refractivity contribution is 9.10. The fraction of sp³-hybridized carbons (Fsp3) is 0.738. The van der Waals surface area contributed by atoms with Crippen molar-refractivity contribution >= 4 is 58.5 Å². The van der Waals surface area contributed by atoms with Gasteiger partial charge in [-0.25, -0.2) is 9.36 Å². The minimum Gasteiger partial charge on any atom is -0.502 e. The molecule has 6 aliphatic heterocycles. The molecule has 0 radical (unpaired) electrons. The molecule has 3 aromatic rings. The number of hydrogen-bond donors (Lipinski definition) is 1. The Morgan fingerprint density at radius 3 is 1.39 bits per heavy atom. The third-order valence-electron chi connectivity index (χ3n) is 12.7. The number of rotatable bonds is 4. The summed E-state index contributed by atoms with van der Waals surface area (Å²) in [6, 6.07) is 0. The molecule has 0 amide bonds. The number of halogens is 2. The summed E-state index contributed by atoms with van der Waals surface area (Å²) in [5, 5.41) is 14.9. The normalized spacial score (nSPS) is 26.1. The van der Waals surface area contributed by atoms with E-state index in [4.69, 9.17) is 42.1 Å². The van der Waals surface area contributed by atoms with Crippen molar-refractivity contribution in [2.24, 2.45) is 0 Å². The Balaban J connectivity index is 0.000000157. The van der Waals surface area contributed by atoms with Crippen LogP contribution in [0.4, 0.5) is 0 Å². The zero-order chi connectivity index (χ0) is 45.4. The summed E-state index contributed by atoms with van der Waals surface area (Å²) in [6.45, 7) is 27.0. The highest BCUT2D eigenvalue weighted by atomic mass is 79.9. The third-order valence-corrected chi connectivity index (χ3v) is 13.5. The quantitative estimate of drug-likeness (QED) is 0.249. The van der Waals surface area contributed by atoms with Crippen molar-refractivity contribution in [3.8, 4) is 0 Å². The van der Waals surface area contributed by atoms with E-state index >= 15 is 0 Å². The van der Waals surface area contributed by atoms with E-state index in [1.54, 1.807) is 24.9 Å². The smallest absolute Gasteiger partial charge is 0.498 e. The van der Waals surface area contributed by atoms with E-state index in [1.165, 1.54) is 32.1 Å². The lowest BCUT2D eigenvalue weighted by molar-refractivity contribution is -0.0395. The van der Waals surface area contributed by atoms with Gasteiger partial charge in [-0.05, 0) is 172 Å². The molecular weight excluding hydrogens is 925 g/mol. The van der Waals surface area contributed by atoms with Crippen molar-refractivity contribution < 1.29 is 42.1 Å². The van der Waals surface area contributed by atoms with Crippen molar-refractivity contribution in [1.29, 1.82) is 0 Å². The summed E-state index contributed by atoms with van der Waals surface area (Å²) in [5.74, 6) is 0. The van der Waals surface area contributed by atoms with Crippen LogP contribution in [0.3, 0.4) is 0 Å². The Morgan fingerprint density at radius 2 is 1.06 bits per heavy atom. The van der Waals surface area contributed by atoms with E-state index in [0.717, 1.165) is 53.5 Å². The van der Waals surface area contributed by atoms with Gasteiger partial charge in [0, 0.05) is 43.5 Å². The number of aromatic nitrogens is 6. The predicted octanol–water partition coefficient (Wildman–Crippen LogP) is 8.96. The molecule has 1 N–H and O–H groups in total. The van der Waals surface area contributed by atoms with E-state index in [2.05, 4.69) is 79.9 Å². The van der Waals surface area contributed by atoms with Gasteiger partial charge in [0.2, 0.25) is 0 Å². The molecule has 0 aromatic carbocycles. The lowest BCUT2D eigenvalue weighted by Crippen LogP contribution is -2.41. The van der Waals surface area contributed by atoms with Gasteiger partial charge in [-0.3, -0.25) is 5.10 Å². The van der Waals surface area contributed by atoms with E-state index in [9.17, 15) is 0 Å². The first-order valence-corrected chi connectivity index (χ1v) is 23.6. The van der Waals surface area contributed by atoms with Crippen LogP contribution in [0.2, 0.25) is 0 Å².